The summed E-state index contributed by atoms with van der Waals surface area (Å²) in [7, 11) is 1.66. The molecule has 0 saturated heterocycles. The third kappa shape index (κ3) is 3.66. The molecule has 4 rings (SSSR count). The first-order chi connectivity index (χ1) is 14.1. The zero-order valence-corrected chi connectivity index (χ0v) is 16.9. The third-order valence-corrected chi connectivity index (χ3v) is 5.70. The molecular formula is C21H20N4O3S. The second-order valence-electron chi connectivity index (χ2n) is 6.52. The van der Waals surface area contributed by atoms with Crippen LogP contribution in [0.1, 0.15) is 21.6 Å². The molecule has 0 bridgehead atoms. The molecule has 0 aliphatic carbocycles. The number of nitrogens with zero attached hydrogens (tertiary/aromatic N) is 3. The van der Waals surface area contributed by atoms with Crippen LogP contribution in [-0.4, -0.2) is 27.7 Å². The lowest BCUT2D eigenvalue weighted by atomic mass is 10.1. The number of aryl methyl sites for hydroxylation is 1. The van der Waals surface area contributed by atoms with E-state index in [1.54, 1.807) is 25.4 Å². The van der Waals surface area contributed by atoms with Crippen LogP contribution in [0.5, 0.6) is 5.75 Å². The molecule has 7 nitrogen and oxygen atoms in total. The number of ether oxygens (including phenoxy) is 1. The molecule has 0 saturated carbocycles. The van der Waals surface area contributed by atoms with Crippen molar-refractivity contribution in [2.45, 2.75) is 19.9 Å². The van der Waals surface area contributed by atoms with Gasteiger partial charge in [-0.05, 0) is 31.0 Å². The maximum Gasteiger partial charge on any atom is 0.250 e. The molecule has 0 radical (unpaired) electrons. The molecule has 1 amide bonds. The fourth-order valence-electron chi connectivity index (χ4n) is 3.37. The van der Waals surface area contributed by atoms with Gasteiger partial charge in [-0.25, -0.2) is 4.98 Å². The Morgan fingerprint density at radius 1 is 1.31 bits per heavy atom. The highest BCUT2D eigenvalue weighted by molar-refractivity contribution is 7.13. The van der Waals surface area contributed by atoms with E-state index in [1.165, 1.54) is 11.3 Å². The summed E-state index contributed by atoms with van der Waals surface area (Å²) < 4.78 is 12.7. The number of carbonyl (C=O) groups excluding carboxylic acids is 1. The summed E-state index contributed by atoms with van der Waals surface area (Å²) in [5, 5.41) is 6.40. The second kappa shape index (κ2) is 7.92. The lowest BCUT2D eigenvalue weighted by Gasteiger charge is -2.13. The minimum atomic E-state index is -0.453. The van der Waals surface area contributed by atoms with Crippen LogP contribution in [-0.2, 0) is 13.0 Å². The summed E-state index contributed by atoms with van der Waals surface area (Å²) in [6.45, 7) is 2.56. The summed E-state index contributed by atoms with van der Waals surface area (Å²) in [6.07, 6.45) is 2.32. The number of carbonyl (C=O) groups is 1. The number of aromatic nitrogens is 3. The molecule has 0 aliphatic rings. The number of rotatable bonds is 7. The lowest BCUT2D eigenvalue weighted by molar-refractivity contribution is 0.0999. The Hall–Kier alpha value is -3.39. The van der Waals surface area contributed by atoms with E-state index < -0.39 is 5.91 Å². The number of hydrogen-bond acceptors (Lipinski definition) is 6. The Balaban J connectivity index is 1.70. The van der Waals surface area contributed by atoms with E-state index in [1.807, 2.05) is 36.6 Å². The maximum atomic E-state index is 11.9. The largest absolute Gasteiger partial charge is 0.496 e. The Bertz CT molecular complexity index is 1140. The molecule has 0 spiro atoms. The molecular weight excluding hydrogens is 388 g/mol. The normalized spacial score (nSPS) is 11.0. The van der Waals surface area contributed by atoms with Gasteiger partial charge in [-0.2, -0.15) is 0 Å². The van der Waals surface area contributed by atoms with Gasteiger partial charge in [0.2, 0.25) is 0 Å². The molecule has 0 fully saturated rings. The van der Waals surface area contributed by atoms with Gasteiger partial charge in [0.05, 0.1) is 30.3 Å². The van der Waals surface area contributed by atoms with E-state index in [2.05, 4.69) is 14.7 Å². The average molecular weight is 408 g/mol. The smallest absolute Gasteiger partial charge is 0.250 e. The zero-order valence-electron chi connectivity index (χ0n) is 16.1. The molecule has 3 aromatic heterocycles. The zero-order chi connectivity index (χ0) is 20.4. The Kier molecular flexibility index (Phi) is 5.18. The topological polar surface area (TPSA) is 96.2 Å². The van der Waals surface area contributed by atoms with Gasteiger partial charge in [-0.15, -0.1) is 11.3 Å². The maximum absolute atomic E-state index is 11.9. The number of benzene rings is 1. The summed E-state index contributed by atoms with van der Waals surface area (Å²) >= 11 is 1.46. The van der Waals surface area contributed by atoms with Crippen molar-refractivity contribution in [3.63, 3.8) is 0 Å². The minimum absolute atomic E-state index is 0.453. The fraction of sp³-hybridized carbons (Fsp3) is 0.190. The number of hydrogen-bond donors (Lipinski definition) is 1. The van der Waals surface area contributed by atoms with Gasteiger partial charge < -0.3 is 19.6 Å². The molecule has 4 aromatic rings. The number of nitrogens with two attached hydrogens (primary N) is 1. The van der Waals surface area contributed by atoms with Gasteiger partial charge in [0.1, 0.15) is 5.75 Å². The summed E-state index contributed by atoms with van der Waals surface area (Å²) in [5.41, 5.74) is 9.60. The van der Waals surface area contributed by atoms with Crippen LogP contribution >= 0.6 is 11.3 Å². The highest BCUT2D eigenvalue weighted by Crippen LogP contribution is 2.32. The van der Waals surface area contributed by atoms with E-state index in [0.717, 1.165) is 39.8 Å². The predicted molar refractivity (Wildman–Crippen MR) is 111 cm³/mol. The molecule has 3 heterocycles. The molecule has 0 atom stereocenters. The van der Waals surface area contributed by atoms with Crippen molar-refractivity contribution in [2.24, 2.45) is 5.73 Å². The standard InChI is InChI=1S/C21H20N4O3S/c1-13-15(20(22)26)11-17(16-12-29-21(24-16)19-7-9-23-28-19)25(13)10-8-14-5-3-4-6-18(14)27-2/h3-7,9,11-12H,8,10H2,1-2H3,(H2,22,26). The third-order valence-electron chi connectivity index (χ3n) is 4.84. The number of para-hydroxylation sites is 1. The summed E-state index contributed by atoms with van der Waals surface area (Å²) in [4.78, 5) is 16.6. The first-order valence-corrected chi connectivity index (χ1v) is 9.95. The van der Waals surface area contributed by atoms with Gasteiger partial charge in [0, 0.05) is 23.7 Å². The first-order valence-electron chi connectivity index (χ1n) is 9.07. The first kappa shape index (κ1) is 18.9. The monoisotopic (exact) mass is 408 g/mol. The van der Waals surface area contributed by atoms with E-state index in [-0.39, 0.29) is 0 Å². The summed E-state index contributed by atoms with van der Waals surface area (Å²) in [5.74, 6) is 1.00. The van der Waals surface area contributed by atoms with E-state index in [9.17, 15) is 4.79 Å². The van der Waals surface area contributed by atoms with Gasteiger partial charge in [0.25, 0.3) is 5.91 Å². The molecule has 0 aliphatic heterocycles. The SMILES string of the molecule is COc1ccccc1CCn1c(-c2csc(-c3ccno3)n2)cc(C(N)=O)c1C. The molecule has 0 unspecified atom stereocenters. The van der Waals surface area contributed by atoms with Crippen molar-refractivity contribution < 1.29 is 14.1 Å². The Labute approximate surface area is 171 Å². The van der Waals surface area contributed by atoms with Crippen molar-refractivity contribution >= 4 is 17.2 Å². The van der Waals surface area contributed by atoms with Crippen LogP contribution in [0.25, 0.3) is 22.2 Å². The second-order valence-corrected chi connectivity index (χ2v) is 7.38. The van der Waals surface area contributed by atoms with Crippen molar-refractivity contribution in [1.29, 1.82) is 0 Å². The molecule has 2 N–H and O–H groups in total. The highest BCUT2D eigenvalue weighted by Gasteiger charge is 2.19. The van der Waals surface area contributed by atoms with Gasteiger partial charge in [-0.1, -0.05) is 23.4 Å². The fourth-order valence-corrected chi connectivity index (χ4v) is 4.14. The lowest BCUT2D eigenvalue weighted by Crippen LogP contribution is -2.13. The number of amides is 1. The quantitative estimate of drug-likeness (QED) is 0.500. The summed E-state index contributed by atoms with van der Waals surface area (Å²) in [6, 6.07) is 11.5. The predicted octanol–water partition coefficient (Wildman–Crippen LogP) is 3.93. The van der Waals surface area contributed by atoms with Crippen LogP contribution in [0.3, 0.4) is 0 Å². The van der Waals surface area contributed by atoms with E-state index in [0.29, 0.717) is 17.9 Å². The number of methoxy groups -OCH3 is 1. The van der Waals surface area contributed by atoms with Gasteiger partial charge in [0.15, 0.2) is 10.8 Å². The Morgan fingerprint density at radius 3 is 2.86 bits per heavy atom. The van der Waals surface area contributed by atoms with Crippen LogP contribution in [0.4, 0.5) is 0 Å². The van der Waals surface area contributed by atoms with Gasteiger partial charge in [-0.3, -0.25) is 4.79 Å². The number of primary amides is 1. The number of thiazole rings is 1. The van der Waals surface area contributed by atoms with Crippen LogP contribution in [0.2, 0.25) is 0 Å². The molecule has 1 aromatic carbocycles. The van der Waals surface area contributed by atoms with Crippen molar-refractivity contribution in [2.75, 3.05) is 7.11 Å². The van der Waals surface area contributed by atoms with Crippen molar-refractivity contribution in [3.05, 3.63) is 64.8 Å². The van der Waals surface area contributed by atoms with Crippen molar-refractivity contribution in [1.82, 2.24) is 14.7 Å². The Morgan fingerprint density at radius 2 is 2.14 bits per heavy atom. The molecule has 8 heteroatoms. The van der Waals surface area contributed by atoms with E-state index in [4.69, 9.17) is 15.0 Å². The molecule has 148 valence electrons. The van der Waals surface area contributed by atoms with E-state index >= 15 is 0 Å². The minimum Gasteiger partial charge on any atom is -0.496 e. The highest BCUT2D eigenvalue weighted by atomic mass is 32.1. The average Bonchev–Trinajstić information content (AvgIpc) is 3.46. The molecule has 29 heavy (non-hydrogen) atoms. The van der Waals surface area contributed by atoms with Crippen LogP contribution < -0.4 is 10.5 Å². The van der Waals surface area contributed by atoms with Crippen LogP contribution in [0.15, 0.2) is 52.5 Å². The van der Waals surface area contributed by atoms with Gasteiger partial charge >= 0.3 is 0 Å². The van der Waals surface area contributed by atoms with Crippen molar-refractivity contribution in [3.8, 4) is 27.9 Å². The van der Waals surface area contributed by atoms with Crippen LogP contribution in [0, 0.1) is 6.92 Å².